The van der Waals surface area contributed by atoms with Gasteiger partial charge in [-0.05, 0) is 26.8 Å². The predicted molar refractivity (Wildman–Crippen MR) is 73.4 cm³/mol. The van der Waals surface area contributed by atoms with E-state index in [0.717, 1.165) is 5.69 Å². The first-order chi connectivity index (χ1) is 9.50. The van der Waals surface area contributed by atoms with E-state index in [4.69, 9.17) is 0 Å². The Hall–Kier alpha value is -2.51. The summed E-state index contributed by atoms with van der Waals surface area (Å²) in [6.45, 7) is 5.85. The highest BCUT2D eigenvalue weighted by Gasteiger charge is 2.26. The molecular weight excluding hydrogens is 260 g/mol. The quantitative estimate of drug-likeness (QED) is 0.663. The van der Waals surface area contributed by atoms with E-state index in [1.54, 1.807) is 23.9 Å². The second kappa shape index (κ2) is 5.64. The average molecular weight is 276 g/mol. The lowest BCUT2D eigenvalue weighted by Crippen LogP contribution is -2.11. The summed E-state index contributed by atoms with van der Waals surface area (Å²) in [5, 5.41) is 18.5. The minimum Gasteiger partial charge on any atom is -0.359 e. The van der Waals surface area contributed by atoms with Crippen molar-refractivity contribution in [1.82, 2.24) is 19.7 Å². The summed E-state index contributed by atoms with van der Waals surface area (Å²) in [5.41, 5.74) is 1.16. The Morgan fingerprint density at radius 2 is 2.25 bits per heavy atom. The number of hydrogen-bond acceptors (Lipinski definition) is 6. The number of nitrogens with zero attached hydrogens (tertiary/aromatic N) is 5. The molecule has 0 aliphatic heterocycles. The minimum absolute atomic E-state index is 0.00718. The number of hydrogen-bond donors (Lipinski definition) is 1. The number of aryl methyl sites for hydroxylation is 1. The van der Waals surface area contributed by atoms with Gasteiger partial charge < -0.3 is 5.32 Å². The molecule has 0 bridgehead atoms. The van der Waals surface area contributed by atoms with Gasteiger partial charge in [0.2, 0.25) is 5.82 Å². The van der Waals surface area contributed by atoms with Crippen LogP contribution in [0.2, 0.25) is 0 Å². The van der Waals surface area contributed by atoms with E-state index >= 15 is 0 Å². The van der Waals surface area contributed by atoms with Gasteiger partial charge in [0.25, 0.3) is 0 Å². The average Bonchev–Trinajstić information content (AvgIpc) is 2.74. The molecule has 20 heavy (non-hydrogen) atoms. The van der Waals surface area contributed by atoms with Gasteiger partial charge in [-0.3, -0.25) is 10.1 Å². The SMILES string of the molecule is Cc1nn(C(C)C)c(NCc2ccncn2)c1[N+](=O)[O-]. The van der Waals surface area contributed by atoms with Crippen molar-refractivity contribution >= 4 is 11.5 Å². The van der Waals surface area contributed by atoms with Crippen LogP contribution in [0.25, 0.3) is 0 Å². The van der Waals surface area contributed by atoms with Crippen molar-refractivity contribution in [2.45, 2.75) is 33.4 Å². The van der Waals surface area contributed by atoms with Crippen molar-refractivity contribution in [3.63, 3.8) is 0 Å². The molecule has 0 unspecified atom stereocenters. The lowest BCUT2D eigenvalue weighted by molar-refractivity contribution is -0.384. The highest BCUT2D eigenvalue weighted by atomic mass is 16.6. The third-order valence-electron chi connectivity index (χ3n) is 2.81. The normalized spacial score (nSPS) is 10.8. The van der Waals surface area contributed by atoms with E-state index in [9.17, 15) is 10.1 Å². The molecule has 2 heterocycles. The van der Waals surface area contributed by atoms with Gasteiger partial charge in [-0.15, -0.1) is 0 Å². The largest absolute Gasteiger partial charge is 0.359 e. The molecule has 0 saturated heterocycles. The summed E-state index contributed by atoms with van der Waals surface area (Å²) >= 11 is 0. The monoisotopic (exact) mass is 276 g/mol. The highest BCUT2D eigenvalue weighted by Crippen LogP contribution is 2.30. The molecule has 0 fully saturated rings. The van der Waals surface area contributed by atoms with E-state index in [-0.39, 0.29) is 11.7 Å². The van der Waals surface area contributed by atoms with Gasteiger partial charge >= 0.3 is 5.69 Å². The van der Waals surface area contributed by atoms with Crippen LogP contribution in [0.4, 0.5) is 11.5 Å². The molecule has 0 amide bonds. The third kappa shape index (κ3) is 2.73. The molecule has 106 valence electrons. The van der Waals surface area contributed by atoms with Crippen molar-refractivity contribution in [3.8, 4) is 0 Å². The van der Waals surface area contributed by atoms with Crippen LogP contribution in [-0.2, 0) is 6.54 Å². The van der Waals surface area contributed by atoms with Crippen molar-refractivity contribution < 1.29 is 4.92 Å². The van der Waals surface area contributed by atoms with E-state index in [0.29, 0.717) is 18.1 Å². The molecule has 0 atom stereocenters. The zero-order valence-electron chi connectivity index (χ0n) is 11.6. The summed E-state index contributed by atoms with van der Waals surface area (Å²) in [5.74, 6) is 0.404. The van der Waals surface area contributed by atoms with Gasteiger partial charge in [-0.1, -0.05) is 0 Å². The smallest absolute Gasteiger partial charge is 0.333 e. The molecule has 0 aliphatic rings. The molecule has 0 spiro atoms. The minimum atomic E-state index is -0.413. The highest BCUT2D eigenvalue weighted by molar-refractivity contribution is 5.59. The first kappa shape index (κ1) is 13.9. The van der Waals surface area contributed by atoms with E-state index in [1.807, 2.05) is 13.8 Å². The van der Waals surface area contributed by atoms with Crippen molar-refractivity contribution in [2.75, 3.05) is 5.32 Å². The molecule has 8 heteroatoms. The van der Waals surface area contributed by atoms with Crippen molar-refractivity contribution in [3.05, 3.63) is 40.1 Å². The Bertz CT molecular complexity index is 608. The van der Waals surface area contributed by atoms with Gasteiger partial charge in [-0.2, -0.15) is 5.10 Å². The molecule has 0 radical (unpaired) electrons. The third-order valence-corrected chi connectivity index (χ3v) is 2.81. The van der Waals surface area contributed by atoms with Gasteiger partial charge in [0.15, 0.2) is 0 Å². The van der Waals surface area contributed by atoms with Gasteiger partial charge in [-0.25, -0.2) is 14.6 Å². The fourth-order valence-corrected chi connectivity index (χ4v) is 1.89. The predicted octanol–water partition coefficient (Wildman–Crippen LogP) is 2.08. The summed E-state index contributed by atoms with van der Waals surface area (Å²) in [7, 11) is 0. The number of anilines is 1. The van der Waals surface area contributed by atoms with Crippen LogP contribution >= 0.6 is 0 Å². The second-order valence-electron chi connectivity index (χ2n) is 4.63. The summed E-state index contributed by atoms with van der Waals surface area (Å²) in [6, 6.07) is 1.78. The molecule has 1 N–H and O–H groups in total. The summed E-state index contributed by atoms with van der Waals surface area (Å²) < 4.78 is 1.62. The molecular formula is C12H16N6O2. The first-order valence-electron chi connectivity index (χ1n) is 6.23. The van der Waals surface area contributed by atoms with Crippen LogP contribution < -0.4 is 5.32 Å². The fraction of sp³-hybridized carbons (Fsp3) is 0.417. The lowest BCUT2D eigenvalue weighted by atomic mass is 10.3. The van der Waals surface area contributed by atoms with Crippen LogP contribution in [0.15, 0.2) is 18.6 Å². The standard InChI is InChI=1S/C12H16N6O2/c1-8(2)17-12(11(18(19)20)9(3)16-17)14-6-10-4-5-13-7-15-10/h4-5,7-8,14H,6H2,1-3H3. The Balaban J connectivity index is 2.31. The van der Waals surface area contributed by atoms with E-state index < -0.39 is 4.92 Å². The topological polar surface area (TPSA) is 98.8 Å². The fourth-order valence-electron chi connectivity index (χ4n) is 1.89. The molecule has 0 aromatic carbocycles. The van der Waals surface area contributed by atoms with Gasteiger partial charge in [0.05, 0.1) is 17.2 Å². The zero-order chi connectivity index (χ0) is 14.7. The van der Waals surface area contributed by atoms with Crippen molar-refractivity contribution in [2.24, 2.45) is 0 Å². The Labute approximate surface area is 116 Å². The Morgan fingerprint density at radius 3 is 2.80 bits per heavy atom. The molecule has 2 aromatic rings. The van der Waals surface area contributed by atoms with Crippen LogP contribution in [0.3, 0.4) is 0 Å². The van der Waals surface area contributed by atoms with Gasteiger partial charge in [0, 0.05) is 12.2 Å². The lowest BCUT2D eigenvalue weighted by Gasteiger charge is -2.11. The maximum atomic E-state index is 11.2. The molecule has 2 rings (SSSR count). The summed E-state index contributed by atoms with van der Waals surface area (Å²) in [6.07, 6.45) is 3.07. The summed E-state index contributed by atoms with van der Waals surface area (Å²) in [4.78, 5) is 18.7. The molecule has 0 saturated carbocycles. The molecule has 0 aliphatic carbocycles. The number of aromatic nitrogens is 4. The van der Waals surface area contributed by atoms with Crippen LogP contribution in [0.1, 0.15) is 31.3 Å². The Morgan fingerprint density at radius 1 is 1.50 bits per heavy atom. The number of rotatable bonds is 5. The number of nitrogens with one attached hydrogen (secondary N) is 1. The zero-order valence-corrected chi connectivity index (χ0v) is 11.6. The molecule has 8 nitrogen and oxygen atoms in total. The van der Waals surface area contributed by atoms with Crippen molar-refractivity contribution in [1.29, 1.82) is 0 Å². The van der Waals surface area contributed by atoms with E-state index in [1.165, 1.54) is 6.33 Å². The first-order valence-corrected chi connectivity index (χ1v) is 6.23. The molecule has 2 aromatic heterocycles. The second-order valence-corrected chi connectivity index (χ2v) is 4.63. The van der Waals surface area contributed by atoms with Crippen LogP contribution in [0, 0.1) is 17.0 Å². The maximum Gasteiger partial charge on any atom is 0.333 e. The van der Waals surface area contributed by atoms with Gasteiger partial charge in [0.1, 0.15) is 12.0 Å². The van der Waals surface area contributed by atoms with Crippen LogP contribution in [-0.4, -0.2) is 24.7 Å². The number of nitro groups is 1. The van der Waals surface area contributed by atoms with Crippen LogP contribution in [0.5, 0.6) is 0 Å². The van der Waals surface area contributed by atoms with E-state index in [2.05, 4.69) is 20.4 Å². The maximum absolute atomic E-state index is 11.2. The Kier molecular flexibility index (Phi) is 3.92.